The van der Waals surface area contributed by atoms with Gasteiger partial charge in [-0.05, 0) is 27.7 Å². The molecule has 1 aromatic heterocycles. The molecule has 0 aliphatic carbocycles. The highest BCUT2D eigenvalue weighted by atomic mass is 16.5. The Labute approximate surface area is 137 Å². The van der Waals surface area contributed by atoms with Crippen molar-refractivity contribution in [2.24, 2.45) is 0 Å². The summed E-state index contributed by atoms with van der Waals surface area (Å²) >= 11 is 0. The Morgan fingerprint density at radius 3 is 2.57 bits per heavy atom. The normalized spacial score (nSPS) is 22.1. The average molecular weight is 324 g/mol. The lowest BCUT2D eigenvalue weighted by Gasteiger charge is -2.35. The molecule has 0 spiro atoms. The minimum atomic E-state index is -0.0839. The molecule has 2 amide bonds. The summed E-state index contributed by atoms with van der Waals surface area (Å²) in [5, 5.41) is 6.88. The number of carbonyl (C=O) groups excluding carboxylic acids is 1. The second-order valence-corrected chi connectivity index (χ2v) is 6.41. The summed E-state index contributed by atoms with van der Waals surface area (Å²) in [5.41, 5.74) is 1.80. The maximum absolute atomic E-state index is 12.2. The van der Waals surface area contributed by atoms with E-state index in [2.05, 4.69) is 29.2 Å². The number of hydrogen-bond acceptors (Lipinski definition) is 5. The smallest absolute Gasteiger partial charge is 0.317 e. The zero-order chi connectivity index (χ0) is 17.0. The molecule has 0 radical (unpaired) electrons. The van der Waals surface area contributed by atoms with Gasteiger partial charge in [-0.25, -0.2) is 4.79 Å². The molecule has 130 valence electrons. The monoisotopic (exact) mass is 324 g/mol. The lowest BCUT2D eigenvalue weighted by Crippen LogP contribution is -2.48. The summed E-state index contributed by atoms with van der Waals surface area (Å²) in [4.78, 5) is 16.2. The zero-order valence-corrected chi connectivity index (χ0v) is 14.8. The van der Waals surface area contributed by atoms with Gasteiger partial charge >= 0.3 is 6.03 Å². The first-order chi connectivity index (χ1) is 10.9. The van der Waals surface area contributed by atoms with Gasteiger partial charge in [0.2, 0.25) is 0 Å². The summed E-state index contributed by atoms with van der Waals surface area (Å²) in [5.74, 6) is 0.762. The minimum absolute atomic E-state index is 0.0839. The molecule has 1 N–H and O–H groups in total. The van der Waals surface area contributed by atoms with Crippen molar-refractivity contribution in [3.63, 3.8) is 0 Å². The summed E-state index contributed by atoms with van der Waals surface area (Å²) < 4.78 is 10.8. The molecule has 1 aliphatic heterocycles. The third-order valence-corrected chi connectivity index (χ3v) is 4.12. The molecule has 0 bridgehead atoms. The molecule has 1 aliphatic rings. The van der Waals surface area contributed by atoms with Gasteiger partial charge < -0.3 is 19.5 Å². The molecule has 1 saturated heterocycles. The van der Waals surface area contributed by atoms with E-state index in [-0.39, 0.29) is 18.2 Å². The van der Waals surface area contributed by atoms with E-state index in [4.69, 9.17) is 9.26 Å². The number of morpholine rings is 1. The van der Waals surface area contributed by atoms with Crippen LogP contribution in [0.25, 0.3) is 0 Å². The lowest BCUT2D eigenvalue weighted by atomic mass is 10.2. The van der Waals surface area contributed by atoms with Crippen molar-refractivity contribution < 1.29 is 14.1 Å². The largest absolute Gasteiger partial charge is 0.373 e. The number of urea groups is 1. The molecule has 1 aromatic rings. The van der Waals surface area contributed by atoms with Crippen LogP contribution < -0.4 is 5.32 Å². The van der Waals surface area contributed by atoms with Crippen molar-refractivity contribution in [3.05, 3.63) is 17.0 Å². The molecule has 23 heavy (non-hydrogen) atoms. The number of aryl methyl sites for hydroxylation is 2. The fraction of sp³-hybridized carbons (Fsp3) is 0.750. The van der Waals surface area contributed by atoms with Crippen LogP contribution in [-0.4, -0.2) is 66.4 Å². The first kappa shape index (κ1) is 17.7. The van der Waals surface area contributed by atoms with E-state index in [1.807, 2.05) is 13.8 Å². The number of amides is 2. The topological polar surface area (TPSA) is 70.8 Å². The van der Waals surface area contributed by atoms with E-state index >= 15 is 0 Å². The molecule has 0 aromatic carbocycles. The molecule has 2 heterocycles. The van der Waals surface area contributed by atoms with Crippen LogP contribution in [0.4, 0.5) is 4.79 Å². The van der Waals surface area contributed by atoms with Crippen molar-refractivity contribution in [1.29, 1.82) is 0 Å². The number of aromatic nitrogens is 1. The van der Waals surface area contributed by atoms with E-state index in [0.29, 0.717) is 13.1 Å². The molecular formula is C16H28N4O3. The Bertz CT molecular complexity index is 502. The van der Waals surface area contributed by atoms with E-state index in [0.717, 1.165) is 36.7 Å². The minimum Gasteiger partial charge on any atom is -0.373 e. The molecule has 1 fully saturated rings. The predicted molar refractivity (Wildman–Crippen MR) is 87.3 cm³/mol. The maximum atomic E-state index is 12.2. The average Bonchev–Trinajstić information content (AvgIpc) is 2.78. The van der Waals surface area contributed by atoms with Gasteiger partial charge in [-0.2, -0.15) is 0 Å². The summed E-state index contributed by atoms with van der Waals surface area (Å²) in [6.07, 6.45) is 0.494. The first-order valence-corrected chi connectivity index (χ1v) is 8.15. The molecule has 2 atom stereocenters. The predicted octanol–water partition coefficient (Wildman–Crippen LogP) is 1.54. The van der Waals surface area contributed by atoms with E-state index in [1.165, 1.54) is 0 Å². The van der Waals surface area contributed by atoms with Crippen LogP contribution in [-0.2, 0) is 11.3 Å². The van der Waals surface area contributed by atoms with Crippen molar-refractivity contribution in [2.45, 2.75) is 46.4 Å². The number of carbonyl (C=O) groups is 1. The van der Waals surface area contributed by atoms with Crippen LogP contribution >= 0.6 is 0 Å². The van der Waals surface area contributed by atoms with Crippen LogP contribution in [0, 0.1) is 13.8 Å². The number of hydrogen-bond donors (Lipinski definition) is 1. The lowest BCUT2D eigenvalue weighted by molar-refractivity contribution is -0.0672. The second kappa shape index (κ2) is 7.79. The number of nitrogens with one attached hydrogen (secondary N) is 1. The third-order valence-electron chi connectivity index (χ3n) is 4.12. The van der Waals surface area contributed by atoms with Gasteiger partial charge in [0.05, 0.1) is 24.4 Å². The van der Waals surface area contributed by atoms with E-state index in [9.17, 15) is 4.79 Å². The van der Waals surface area contributed by atoms with Crippen LogP contribution in [0.15, 0.2) is 4.52 Å². The Balaban J connectivity index is 1.74. The molecule has 0 unspecified atom stereocenters. The quantitative estimate of drug-likeness (QED) is 0.890. The Morgan fingerprint density at radius 2 is 2.00 bits per heavy atom. The van der Waals surface area contributed by atoms with Gasteiger partial charge in [-0.1, -0.05) is 5.16 Å². The van der Waals surface area contributed by atoms with Crippen LogP contribution in [0.1, 0.15) is 30.9 Å². The summed E-state index contributed by atoms with van der Waals surface area (Å²) in [6.45, 7) is 11.7. The van der Waals surface area contributed by atoms with Crippen LogP contribution in [0.2, 0.25) is 0 Å². The molecule has 7 heteroatoms. The number of rotatable bonds is 5. The molecule has 7 nitrogen and oxygen atoms in total. The van der Waals surface area contributed by atoms with Gasteiger partial charge in [0.1, 0.15) is 5.76 Å². The van der Waals surface area contributed by atoms with Crippen LogP contribution in [0.3, 0.4) is 0 Å². The molecule has 2 rings (SSSR count). The zero-order valence-electron chi connectivity index (χ0n) is 14.8. The Kier molecular flexibility index (Phi) is 6.01. The number of ether oxygens (including phenoxy) is 1. The first-order valence-electron chi connectivity index (χ1n) is 8.15. The van der Waals surface area contributed by atoms with E-state index < -0.39 is 0 Å². The van der Waals surface area contributed by atoms with Crippen molar-refractivity contribution in [1.82, 2.24) is 20.3 Å². The fourth-order valence-electron chi connectivity index (χ4n) is 2.96. The highest BCUT2D eigenvalue weighted by Gasteiger charge is 2.22. The van der Waals surface area contributed by atoms with Gasteiger partial charge in [-0.3, -0.25) is 4.90 Å². The molecular weight excluding hydrogens is 296 g/mol. The highest BCUT2D eigenvalue weighted by Crippen LogP contribution is 2.14. The van der Waals surface area contributed by atoms with Gasteiger partial charge in [0, 0.05) is 38.8 Å². The summed E-state index contributed by atoms with van der Waals surface area (Å²) in [7, 11) is 1.78. The third kappa shape index (κ3) is 4.94. The van der Waals surface area contributed by atoms with Crippen LogP contribution in [0.5, 0.6) is 0 Å². The highest BCUT2D eigenvalue weighted by molar-refractivity contribution is 5.73. The second-order valence-electron chi connectivity index (χ2n) is 6.41. The maximum Gasteiger partial charge on any atom is 0.317 e. The molecule has 0 saturated carbocycles. The standard InChI is InChI=1S/C16H28N4O3/c1-11-8-20(9-12(2)22-11)7-6-17-16(21)19(5)10-15-13(3)18-23-14(15)4/h11-12H,6-10H2,1-5H3,(H,17,21)/t11-,12-/m0/s1. The van der Waals surface area contributed by atoms with Crippen molar-refractivity contribution in [3.8, 4) is 0 Å². The summed E-state index contributed by atoms with van der Waals surface area (Å²) in [6, 6.07) is -0.0839. The SMILES string of the molecule is Cc1noc(C)c1CN(C)C(=O)NCCN1C[C@H](C)O[C@@H](C)C1. The van der Waals surface area contributed by atoms with Gasteiger partial charge in [0.25, 0.3) is 0 Å². The fourth-order valence-corrected chi connectivity index (χ4v) is 2.96. The Morgan fingerprint density at radius 1 is 1.35 bits per heavy atom. The van der Waals surface area contributed by atoms with Gasteiger partial charge in [-0.15, -0.1) is 0 Å². The van der Waals surface area contributed by atoms with Crippen molar-refractivity contribution in [2.75, 3.05) is 33.2 Å². The van der Waals surface area contributed by atoms with Crippen molar-refractivity contribution >= 4 is 6.03 Å². The van der Waals surface area contributed by atoms with E-state index in [1.54, 1.807) is 11.9 Å². The number of nitrogens with zero attached hydrogens (tertiary/aromatic N) is 3. The van der Waals surface area contributed by atoms with Gasteiger partial charge in [0.15, 0.2) is 0 Å². The Hall–Kier alpha value is -1.60.